The summed E-state index contributed by atoms with van der Waals surface area (Å²) in [6.07, 6.45) is 1.28. The van der Waals surface area contributed by atoms with Gasteiger partial charge in [-0.3, -0.25) is 9.48 Å². The molecule has 32 heavy (non-hydrogen) atoms. The van der Waals surface area contributed by atoms with Crippen molar-refractivity contribution in [1.29, 1.82) is 0 Å². The van der Waals surface area contributed by atoms with Gasteiger partial charge in [0.05, 0.1) is 6.54 Å². The van der Waals surface area contributed by atoms with E-state index in [1.807, 2.05) is 48.5 Å². The molecule has 1 heterocycles. The van der Waals surface area contributed by atoms with E-state index in [1.165, 1.54) is 6.07 Å². The normalized spacial score (nSPS) is 10.8. The maximum atomic E-state index is 13.8. The zero-order valence-corrected chi connectivity index (χ0v) is 19.1. The molecular weight excluding hydrogens is 525 g/mol. The molecule has 0 N–H and O–H groups in total. The van der Waals surface area contributed by atoms with E-state index in [1.54, 1.807) is 16.9 Å². The standard InChI is InChI=1S/C25H19F2IN2O2/c26-21-5-3-6-22(27)20(21)14-24(31)23-12-13-30(29-23)15-18-4-1-2-7-25(18)32-16-17-8-10-19(28)11-9-17/h1-13H,14-16H2. The molecule has 3 aromatic carbocycles. The first-order chi connectivity index (χ1) is 15.5. The average molecular weight is 544 g/mol. The fourth-order valence-corrected chi connectivity index (χ4v) is 3.60. The quantitative estimate of drug-likeness (QED) is 0.208. The zero-order valence-electron chi connectivity index (χ0n) is 17.0. The van der Waals surface area contributed by atoms with Gasteiger partial charge in [0.15, 0.2) is 5.78 Å². The first kappa shape index (κ1) is 22.1. The molecule has 0 spiro atoms. The summed E-state index contributed by atoms with van der Waals surface area (Å²) in [5.41, 5.74) is 1.87. The number of carbonyl (C=O) groups excluding carboxylic acids is 1. The number of rotatable bonds is 8. The highest BCUT2D eigenvalue weighted by Crippen LogP contribution is 2.21. The van der Waals surface area contributed by atoms with Gasteiger partial charge in [0, 0.05) is 27.3 Å². The van der Waals surface area contributed by atoms with Gasteiger partial charge in [-0.1, -0.05) is 36.4 Å². The molecule has 1 aromatic heterocycles. The number of ether oxygens (including phenoxy) is 1. The number of hydrogen-bond acceptors (Lipinski definition) is 3. The molecule has 0 radical (unpaired) electrons. The fourth-order valence-electron chi connectivity index (χ4n) is 3.24. The van der Waals surface area contributed by atoms with Crippen molar-refractivity contribution in [3.8, 4) is 5.75 Å². The van der Waals surface area contributed by atoms with Gasteiger partial charge in [-0.05, 0) is 64.6 Å². The molecule has 0 bridgehead atoms. The number of carbonyl (C=O) groups is 1. The Morgan fingerprint density at radius 2 is 1.66 bits per heavy atom. The van der Waals surface area contributed by atoms with Crippen LogP contribution in [-0.4, -0.2) is 15.6 Å². The maximum Gasteiger partial charge on any atom is 0.187 e. The average Bonchev–Trinajstić information content (AvgIpc) is 3.25. The van der Waals surface area contributed by atoms with Crippen LogP contribution < -0.4 is 4.74 Å². The highest BCUT2D eigenvalue weighted by molar-refractivity contribution is 14.1. The lowest BCUT2D eigenvalue weighted by molar-refractivity contribution is 0.0985. The molecule has 0 aliphatic carbocycles. The predicted octanol–water partition coefficient (Wildman–Crippen LogP) is 5.82. The van der Waals surface area contributed by atoms with Crippen LogP contribution in [0.5, 0.6) is 5.75 Å². The Labute approximate surface area is 198 Å². The summed E-state index contributed by atoms with van der Waals surface area (Å²) in [6, 6.07) is 20.8. The van der Waals surface area contributed by atoms with E-state index in [9.17, 15) is 13.6 Å². The first-order valence-corrected chi connectivity index (χ1v) is 11.0. The molecular formula is C25H19F2IN2O2. The van der Waals surface area contributed by atoms with E-state index in [4.69, 9.17) is 4.74 Å². The van der Waals surface area contributed by atoms with Crippen molar-refractivity contribution in [1.82, 2.24) is 9.78 Å². The fraction of sp³-hybridized carbons (Fsp3) is 0.120. The van der Waals surface area contributed by atoms with E-state index >= 15 is 0 Å². The van der Waals surface area contributed by atoms with Gasteiger partial charge in [0.25, 0.3) is 0 Å². The topological polar surface area (TPSA) is 44.1 Å². The van der Waals surface area contributed by atoms with Gasteiger partial charge < -0.3 is 4.74 Å². The number of halogens is 3. The van der Waals surface area contributed by atoms with E-state index < -0.39 is 17.4 Å². The van der Waals surface area contributed by atoms with Crippen LogP contribution in [0, 0.1) is 15.2 Å². The number of aromatic nitrogens is 2. The minimum absolute atomic E-state index is 0.157. The lowest BCUT2D eigenvalue weighted by Gasteiger charge is -2.12. The van der Waals surface area contributed by atoms with Crippen molar-refractivity contribution >= 4 is 28.4 Å². The molecule has 162 valence electrons. The molecule has 4 aromatic rings. The lowest BCUT2D eigenvalue weighted by atomic mass is 10.1. The van der Waals surface area contributed by atoms with Gasteiger partial charge in [-0.15, -0.1) is 0 Å². The Bertz CT molecular complexity index is 1220. The van der Waals surface area contributed by atoms with Crippen molar-refractivity contribution in [3.05, 3.63) is 117 Å². The third kappa shape index (κ3) is 5.40. The summed E-state index contributed by atoms with van der Waals surface area (Å²) in [6.45, 7) is 0.829. The molecule has 0 saturated carbocycles. The van der Waals surface area contributed by atoms with E-state index in [0.717, 1.165) is 32.6 Å². The molecule has 0 aliphatic heterocycles. The number of ketones is 1. The van der Waals surface area contributed by atoms with E-state index in [-0.39, 0.29) is 17.7 Å². The van der Waals surface area contributed by atoms with Crippen molar-refractivity contribution in [2.24, 2.45) is 0 Å². The van der Waals surface area contributed by atoms with Crippen molar-refractivity contribution in [2.75, 3.05) is 0 Å². The Kier molecular flexibility index (Phi) is 6.94. The van der Waals surface area contributed by atoms with Crippen LogP contribution in [0.25, 0.3) is 0 Å². The van der Waals surface area contributed by atoms with Gasteiger partial charge in [0.1, 0.15) is 29.7 Å². The second kappa shape index (κ2) is 10.0. The Hall–Kier alpha value is -3.07. The first-order valence-electron chi connectivity index (χ1n) is 9.94. The number of nitrogens with zero attached hydrogens (tertiary/aromatic N) is 2. The van der Waals surface area contributed by atoms with E-state index in [2.05, 4.69) is 27.7 Å². The highest BCUT2D eigenvalue weighted by atomic mass is 127. The van der Waals surface area contributed by atoms with Crippen molar-refractivity contribution in [2.45, 2.75) is 19.6 Å². The monoisotopic (exact) mass is 544 g/mol. The van der Waals surface area contributed by atoms with Crippen LogP contribution >= 0.6 is 22.6 Å². The van der Waals surface area contributed by atoms with Gasteiger partial charge in [-0.25, -0.2) is 8.78 Å². The third-order valence-corrected chi connectivity index (χ3v) is 5.66. The Morgan fingerprint density at radius 1 is 0.938 bits per heavy atom. The molecule has 4 nitrogen and oxygen atoms in total. The number of hydrogen-bond donors (Lipinski definition) is 0. The molecule has 0 fully saturated rings. The summed E-state index contributed by atoms with van der Waals surface area (Å²) in [5.74, 6) is -1.20. The van der Waals surface area contributed by atoms with Gasteiger partial charge in [-0.2, -0.15) is 5.10 Å². The maximum absolute atomic E-state index is 13.8. The number of Topliss-reactive ketones (excluding diaryl/α,β-unsaturated/α-hetero) is 1. The lowest BCUT2D eigenvalue weighted by Crippen LogP contribution is -2.10. The second-order valence-corrected chi connectivity index (χ2v) is 8.47. The van der Waals surface area contributed by atoms with Crippen molar-refractivity contribution in [3.63, 3.8) is 0 Å². The minimum Gasteiger partial charge on any atom is -0.489 e. The number of benzene rings is 3. The molecule has 0 saturated heterocycles. The summed E-state index contributed by atoms with van der Waals surface area (Å²) >= 11 is 2.26. The summed E-state index contributed by atoms with van der Waals surface area (Å²) in [4.78, 5) is 12.5. The smallest absolute Gasteiger partial charge is 0.187 e. The highest BCUT2D eigenvalue weighted by Gasteiger charge is 2.17. The molecule has 0 aliphatic rings. The van der Waals surface area contributed by atoms with E-state index in [0.29, 0.717) is 13.2 Å². The molecule has 0 amide bonds. The van der Waals surface area contributed by atoms with Crippen LogP contribution in [0.2, 0.25) is 0 Å². The Morgan fingerprint density at radius 3 is 2.41 bits per heavy atom. The molecule has 4 rings (SSSR count). The number of para-hydroxylation sites is 1. The SMILES string of the molecule is O=C(Cc1c(F)cccc1F)c1ccn(Cc2ccccc2OCc2ccc(I)cc2)n1. The van der Waals surface area contributed by atoms with Crippen LogP contribution in [0.15, 0.2) is 79.0 Å². The van der Waals surface area contributed by atoms with Crippen LogP contribution in [0.3, 0.4) is 0 Å². The predicted molar refractivity (Wildman–Crippen MR) is 126 cm³/mol. The largest absolute Gasteiger partial charge is 0.489 e. The molecule has 0 unspecified atom stereocenters. The van der Waals surface area contributed by atoms with Crippen LogP contribution in [0.1, 0.15) is 27.2 Å². The summed E-state index contributed by atoms with van der Waals surface area (Å²) in [5, 5.41) is 4.30. The van der Waals surface area contributed by atoms with Gasteiger partial charge in [0.2, 0.25) is 0 Å². The molecule has 0 atom stereocenters. The molecule has 7 heteroatoms. The third-order valence-electron chi connectivity index (χ3n) is 4.94. The van der Waals surface area contributed by atoms with Crippen LogP contribution in [0.4, 0.5) is 8.78 Å². The second-order valence-electron chi connectivity index (χ2n) is 7.22. The van der Waals surface area contributed by atoms with Gasteiger partial charge >= 0.3 is 0 Å². The minimum atomic E-state index is -0.739. The summed E-state index contributed by atoms with van der Waals surface area (Å²) in [7, 11) is 0. The summed E-state index contributed by atoms with van der Waals surface area (Å²) < 4.78 is 36.5. The van der Waals surface area contributed by atoms with Crippen molar-refractivity contribution < 1.29 is 18.3 Å². The zero-order chi connectivity index (χ0) is 22.5. The van der Waals surface area contributed by atoms with Crippen LogP contribution in [-0.2, 0) is 19.6 Å². The Balaban J connectivity index is 1.44.